The molecule has 0 saturated carbocycles. The fourth-order valence-electron chi connectivity index (χ4n) is 3.54. The van der Waals surface area contributed by atoms with Crippen LogP contribution in [0.1, 0.15) is 33.6 Å². The van der Waals surface area contributed by atoms with Crippen molar-refractivity contribution >= 4 is 16.1 Å². The molecule has 140 valence electrons. The summed E-state index contributed by atoms with van der Waals surface area (Å²) in [5.74, 6) is 0.139. The van der Waals surface area contributed by atoms with Gasteiger partial charge < -0.3 is 14.2 Å². The van der Waals surface area contributed by atoms with Gasteiger partial charge in [0.2, 0.25) is 0 Å². The van der Waals surface area contributed by atoms with Crippen molar-refractivity contribution in [2.75, 3.05) is 19.6 Å². The highest BCUT2D eigenvalue weighted by molar-refractivity contribution is 7.89. The first-order valence-corrected chi connectivity index (χ1v) is 10.00. The Morgan fingerprint density at radius 2 is 2.04 bits per heavy atom. The third-order valence-corrected chi connectivity index (χ3v) is 6.38. The lowest BCUT2D eigenvalue weighted by Crippen LogP contribution is -2.50. The van der Waals surface area contributed by atoms with Crippen LogP contribution in [-0.4, -0.2) is 64.5 Å². The van der Waals surface area contributed by atoms with Gasteiger partial charge in [-0.05, 0) is 39.5 Å². The van der Waals surface area contributed by atoms with Crippen LogP contribution in [0.15, 0.2) is 17.6 Å². The quantitative estimate of drug-likeness (QED) is 0.786. The summed E-state index contributed by atoms with van der Waals surface area (Å²) in [4.78, 5) is 18.2. The fourth-order valence-corrected chi connectivity index (χ4v) is 5.02. The monoisotopic (exact) mass is 370 g/mol. The summed E-state index contributed by atoms with van der Waals surface area (Å²) in [6.07, 6.45) is 4.39. The molecule has 2 unspecified atom stereocenters. The van der Waals surface area contributed by atoms with E-state index in [0.29, 0.717) is 19.6 Å². The lowest BCUT2D eigenvalue weighted by Gasteiger charge is -2.37. The molecule has 0 N–H and O–H groups in total. The van der Waals surface area contributed by atoms with Gasteiger partial charge in [-0.25, -0.2) is 18.2 Å². The maximum absolute atomic E-state index is 12.8. The van der Waals surface area contributed by atoms with Crippen molar-refractivity contribution in [3.05, 3.63) is 12.5 Å². The molecule has 8 nitrogen and oxygen atoms in total. The molecule has 2 fully saturated rings. The molecular weight excluding hydrogens is 344 g/mol. The Bertz CT molecular complexity index is 752. The van der Waals surface area contributed by atoms with Crippen molar-refractivity contribution < 1.29 is 17.9 Å². The highest BCUT2D eigenvalue weighted by atomic mass is 32.2. The molecule has 25 heavy (non-hydrogen) atoms. The highest BCUT2D eigenvalue weighted by Gasteiger charge is 2.46. The number of aryl methyl sites for hydroxylation is 1. The third-order valence-electron chi connectivity index (χ3n) is 4.66. The Morgan fingerprint density at radius 3 is 2.64 bits per heavy atom. The normalized spacial score (nSPS) is 25.0. The van der Waals surface area contributed by atoms with E-state index >= 15 is 0 Å². The number of aromatic nitrogens is 2. The second-order valence-corrected chi connectivity index (χ2v) is 9.73. The van der Waals surface area contributed by atoms with Gasteiger partial charge in [0.15, 0.2) is 5.03 Å². The molecule has 0 spiro atoms. The summed E-state index contributed by atoms with van der Waals surface area (Å²) in [5, 5.41) is 0.0532. The van der Waals surface area contributed by atoms with E-state index in [0.717, 1.165) is 12.8 Å². The lowest BCUT2D eigenvalue weighted by molar-refractivity contribution is 0.00643. The number of rotatable bonds is 2. The van der Waals surface area contributed by atoms with E-state index in [2.05, 4.69) is 4.98 Å². The van der Waals surface area contributed by atoms with E-state index in [1.807, 2.05) is 20.8 Å². The van der Waals surface area contributed by atoms with Crippen LogP contribution < -0.4 is 0 Å². The number of imidazole rings is 1. The van der Waals surface area contributed by atoms with Gasteiger partial charge in [-0.15, -0.1) is 0 Å². The maximum Gasteiger partial charge on any atom is 0.410 e. The predicted molar refractivity (Wildman–Crippen MR) is 91.4 cm³/mol. The van der Waals surface area contributed by atoms with Gasteiger partial charge in [0, 0.05) is 32.9 Å². The third kappa shape index (κ3) is 3.67. The molecule has 1 aromatic rings. The first-order chi connectivity index (χ1) is 11.6. The number of hydrogen-bond donors (Lipinski definition) is 0. The molecule has 1 amide bonds. The van der Waals surface area contributed by atoms with Crippen LogP contribution in [0.2, 0.25) is 0 Å². The first-order valence-electron chi connectivity index (χ1n) is 8.56. The molecule has 0 radical (unpaired) electrons. The van der Waals surface area contributed by atoms with Gasteiger partial charge in [-0.2, -0.15) is 4.31 Å². The van der Waals surface area contributed by atoms with Gasteiger partial charge in [-0.1, -0.05) is 0 Å². The minimum Gasteiger partial charge on any atom is -0.444 e. The summed E-state index contributed by atoms with van der Waals surface area (Å²) in [5.41, 5.74) is -0.567. The lowest BCUT2D eigenvalue weighted by atomic mass is 9.92. The fraction of sp³-hybridized carbons (Fsp3) is 0.750. The Morgan fingerprint density at radius 1 is 1.32 bits per heavy atom. The van der Waals surface area contributed by atoms with Crippen molar-refractivity contribution in [2.24, 2.45) is 13.0 Å². The van der Waals surface area contributed by atoms with Crippen LogP contribution >= 0.6 is 0 Å². The molecule has 2 aliphatic rings. The van der Waals surface area contributed by atoms with E-state index in [4.69, 9.17) is 4.74 Å². The summed E-state index contributed by atoms with van der Waals surface area (Å²) in [6, 6.07) is -0.137. The molecule has 0 aromatic carbocycles. The van der Waals surface area contributed by atoms with Crippen LogP contribution in [0.5, 0.6) is 0 Å². The number of likely N-dealkylation sites (tertiary alicyclic amines) is 1. The molecule has 3 heterocycles. The molecule has 0 aliphatic carbocycles. The molecular formula is C16H26N4O4S. The summed E-state index contributed by atoms with van der Waals surface area (Å²) < 4.78 is 34.2. The Kier molecular flexibility index (Phi) is 4.57. The highest BCUT2D eigenvalue weighted by Crippen LogP contribution is 2.34. The van der Waals surface area contributed by atoms with Gasteiger partial charge in [0.05, 0.1) is 12.4 Å². The van der Waals surface area contributed by atoms with Gasteiger partial charge in [-0.3, -0.25) is 0 Å². The number of hydrogen-bond acceptors (Lipinski definition) is 5. The molecule has 2 atom stereocenters. The van der Waals surface area contributed by atoms with Crippen LogP contribution in [0.3, 0.4) is 0 Å². The molecule has 2 saturated heterocycles. The smallest absolute Gasteiger partial charge is 0.410 e. The minimum atomic E-state index is -3.64. The van der Waals surface area contributed by atoms with E-state index in [-0.39, 0.29) is 23.1 Å². The molecule has 0 bridgehead atoms. The van der Waals surface area contributed by atoms with Crippen LogP contribution in [0, 0.1) is 5.92 Å². The van der Waals surface area contributed by atoms with Gasteiger partial charge in [0.25, 0.3) is 10.0 Å². The number of piperidine rings is 1. The molecule has 1 aromatic heterocycles. The number of nitrogens with zero attached hydrogens (tertiary/aromatic N) is 4. The van der Waals surface area contributed by atoms with Gasteiger partial charge >= 0.3 is 6.09 Å². The summed E-state index contributed by atoms with van der Waals surface area (Å²) in [6.45, 7) is 6.82. The number of amides is 1. The van der Waals surface area contributed by atoms with Crippen LogP contribution in [0.25, 0.3) is 0 Å². The first kappa shape index (κ1) is 18.2. The van der Waals surface area contributed by atoms with E-state index < -0.39 is 15.6 Å². The molecule has 3 rings (SSSR count). The number of sulfonamides is 1. The summed E-state index contributed by atoms with van der Waals surface area (Å²) in [7, 11) is -1.90. The van der Waals surface area contributed by atoms with Gasteiger partial charge in [0.1, 0.15) is 5.60 Å². The topological polar surface area (TPSA) is 84.7 Å². The average molecular weight is 370 g/mol. The number of fused-ring (bicyclic) bond motifs is 1. The summed E-state index contributed by atoms with van der Waals surface area (Å²) >= 11 is 0. The SMILES string of the molecule is Cn1cnc(S(=O)(=O)N2CC3CCCN(C(=O)OC(C)(C)C)C3C2)c1. The van der Waals surface area contributed by atoms with Crippen molar-refractivity contribution in [3.63, 3.8) is 0 Å². The zero-order valence-electron chi connectivity index (χ0n) is 15.2. The predicted octanol–water partition coefficient (Wildman–Crippen LogP) is 1.44. The van der Waals surface area contributed by atoms with Crippen molar-refractivity contribution in [1.82, 2.24) is 18.8 Å². The van der Waals surface area contributed by atoms with E-state index in [1.165, 1.54) is 16.8 Å². The molecule has 2 aliphatic heterocycles. The number of ether oxygens (including phenoxy) is 1. The minimum absolute atomic E-state index is 0.0532. The Balaban J connectivity index is 1.78. The van der Waals surface area contributed by atoms with E-state index in [9.17, 15) is 13.2 Å². The van der Waals surface area contributed by atoms with E-state index in [1.54, 1.807) is 16.5 Å². The second-order valence-electron chi connectivity index (χ2n) is 7.84. The van der Waals surface area contributed by atoms with Crippen molar-refractivity contribution in [3.8, 4) is 0 Å². The average Bonchev–Trinajstić information content (AvgIpc) is 3.11. The zero-order chi connectivity index (χ0) is 18.4. The Labute approximate surface area is 148 Å². The maximum atomic E-state index is 12.8. The Hall–Kier alpha value is -1.61. The second kappa shape index (κ2) is 6.28. The number of carbonyl (C=O) groups is 1. The van der Waals surface area contributed by atoms with Crippen molar-refractivity contribution in [2.45, 2.75) is 50.3 Å². The van der Waals surface area contributed by atoms with Crippen molar-refractivity contribution in [1.29, 1.82) is 0 Å². The molecule has 9 heteroatoms. The van der Waals surface area contributed by atoms with Crippen LogP contribution in [0.4, 0.5) is 4.79 Å². The number of carbonyl (C=O) groups excluding carboxylic acids is 1. The van der Waals surface area contributed by atoms with Crippen LogP contribution in [-0.2, 0) is 21.8 Å². The largest absolute Gasteiger partial charge is 0.444 e. The zero-order valence-corrected chi connectivity index (χ0v) is 16.0. The standard InChI is InChI=1S/C16H26N4O4S/c1-16(2,3)24-15(21)20-7-5-6-12-8-19(9-13(12)20)25(22,23)14-10-18(4)11-17-14/h10-13H,5-9H2,1-4H3.